The molecule has 0 fully saturated rings. The summed E-state index contributed by atoms with van der Waals surface area (Å²) in [5.74, 6) is -0.637. The minimum atomic E-state index is -0.375. The Labute approximate surface area is 133 Å². The summed E-state index contributed by atoms with van der Waals surface area (Å²) in [4.78, 5) is 11.9. The second kappa shape index (κ2) is 7.71. The van der Waals surface area contributed by atoms with Gasteiger partial charge in [-0.25, -0.2) is 9.18 Å². The van der Waals surface area contributed by atoms with Crippen LogP contribution < -0.4 is 4.72 Å². The van der Waals surface area contributed by atoms with Crippen LogP contribution in [0.4, 0.5) is 10.1 Å². The predicted molar refractivity (Wildman–Crippen MR) is 85.0 cm³/mol. The largest absolute Gasteiger partial charge is 0.463 e. The molecule has 0 bridgehead atoms. The molecule has 3 nitrogen and oxygen atoms in total. The molecule has 0 aliphatic heterocycles. The van der Waals surface area contributed by atoms with Gasteiger partial charge in [0, 0.05) is 5.57 Å². The Bertz CT molecular complexity index is 550. The lowest BCUT2D eigenvalue weighted by Gasteiger charge is -2.23. The molecular formula is C15H17ClFNO2S. The molecule has 0 spiro atoms. The van der Waals surface area contributed by atoms with Crippen molar-refractivity contribution >= 4 is 35.2 Å². The molecule has 1 atom stereocenters. The van der Waals surface area contributed by atoms with Gasteiger partial charge in [0.2, 0.25) is 0 Å². The molecule has 0 saturated heterocycles. The van der Waals surface area contributed by atoms with Crippen LogP contribution in [0, 0.1) is 5.82 Å². The van der Waals surface area contributed by atoms with Crippen LogP contribution in [0.25, 0.3) is 0 Å². The van der Waals surface area contributed by atoms with Gasteiger partial charge in [-0.2, -0.15) is 0 Å². The van der Waals surface area contributed by atoms with Gasteiger partial charge in [-0.1, -0.05) is 17.7 Å². The van der Waals surface area contributed by atoms with Gasteiger partial charge in [-0.3, -0.25) is 0 Å². The molecule has 1 aromatic carbocycles. The monoisotopic (exact) mass is 329 g/mol. The Balaban J connectivity index is 2.02. The fourth-order valence-electron chi connectivity index (χ4n) is 2.11. The van der Waals surface area contributed by atoms with Crippen LogP contribution in [-0.2, 0) is 9.53 Å². The van der Waals surface area contributed by atoms with Crippen molar-refractivity contribution in [2.45, 2.75) is 31.4 Å². The molecule has 0 aromatic heterocycles. The third-order valence-electron chi connectivity index (χ3n) is 3.13. The Morgan fingerprint density at radius 3 is 3.10 bits per heavy atom. The number of anilines is 1. The summed E-state index contributed by atoms with van der Waals surface area (Å²) >= 11 is 7.38. The molecule has 0 radical (unpaired) electrons. The average molecular weight is 330 g/mol. The second-order valence-electron chi connectivity index (χ2n) is 4.64. The molecule has 21 heavy (non-hydrogen) atoms. The maximum Gasteiger partial charge on any atom is 0.334 e. The van der Waals surface area contributed by atoms with Crippen LogP contribution in [0.1, 0.15) is 26.2 Å². The summed E-state index contributed by atoms with van der Waals surface area (Å²) in [7, 11) is 0. The first kappa shape index (κ1) is 16.2. The molecule has 1 N–H and O–H groups in total. The van der Waals surface area contributed by atoms with Crippen molar-refractivity contribution < 1.29 is 13.9 Å². The van der Waals surface area contributed by atoms with E-state index in [1.165, 1.54) is 24.1 Å². The van der Waals surface area contributed by atoms with Gasteiger partial charge in [0.05, 0.1) is 22.6 Å². The normalized spacial score (nSPS) is 18.0. The molecule has 114 valence electrons. The Morgan fingerprint density at radius 1 is 1.57 bits per heavy atom. The maximum absolute atomic E-state index is 13.0. The van der Waals surface area contributed by atoms with Gasteiger partial charge in [0.15, 0.2) is 0 Å². The number of hydrogen-bond donors (Lipinski definition) is 1. The van der Waals surface area contributed by atoms with E-state index in [4.69, 9.17) is 16.3 Å². The quantitative estimate of drug-likeness (QED) is 0.634. The van der Waals surface area contributed by atoms with Crippen LogP contribution in [0.15, 0.2) is 29.8 Å². The number of halogens is 2. The first-order valence-electron chi connectivity index (χ1n) is 6.85. The van der Waals surface area contributed by atoms with E-state index >= 15 is 0 Å². The number of allylic oxidation sites excluding steroid dienone is 1. The number of esters is 1. The molecule has 0 amide bonds. The SMILES string of the molecule is CCOC(=O)C1=CCCCC1SNc1ccc(F)cc1Cl. The van der Waals surface area contributed by atoms with Crippen LogP contribution in [0.2, 0.25) is 5.02 Å². The lowest BCUT2D eigenvalue weighted by atomic mass is 9.99. The average Bonchev–Trinajstić information content (AvgIpc) is 2.47. The van der Waals surface area contributed by atoms with E-state index in [9.17, 15) is 9.18 Å². The van der Waals surface area contributed by atoms with Crippen molar-refractivity contribution in [3.8, 4) is 0 Å². The summed E-state index contributed by atoms with van der Waals surface area (Å²) < 4.78 is 21.2. The predicted octanol–water partition coefficient (Wildman–Crippen LogP) is 4.58. The van der Waals surface area contributed by atoms with E-state index in [1.54, 1.807) is 13.0 Å². The van der Waals surface area contributed by atoms with Crippen LogP contribution in [-0.4, -0.2) is 17.8 Å². The lowest BCUT2D eigenvalue weighted by Crippen LogP contribution is -2.21. The van der Waals surface area contributed by atoms with Gasteiger partial charge in [0.25, 0.3) is 0 Å². The van der Waals surface area contributed by atoms with E-state index in [0.717, 1.165) is 19.3 Å². The highest BCUT2D eigenvalue weighted by molar-refractivity contribution is 8.01. The van der Waals surface area contributed by atoms with Crippen LogP contribution in [0.3, 0.4) is 0 Å². The van der Waals surface area contributed by atoms with Crippen molar-refractivity contribution in [3.63, 3.8) is 0 Å². The van der Waals surface area contributed by atoms with E-state index in [2.05, 4.69) is 4.72 Å². The fraction of sp³-hybridized carbons (Fsp3) is 0.400. The highest BCUT2D eigenvalue weighted by Gasteiger charge is 2.25. The molecule has 1 aromatic rings. The zero-order chi connectivity index (χ0) is 15.2. The van der Waals surface area contributed by atoms with Gasteiger partial charge in [-0.05, 0) is 56.3 Å². The molecule has 0 saturated carbocycles. The topological polar surface area (TPSA) is 38.3 Å². The van der Waals surface area contributed by atoms with E-state index in [-0.39, 0.29) is 17.0 Å². The Kier molecular flexibility index (Phi) is 5.94. The standard InChI is InChI=1S/C15H17ClFNO2S/c1-2-20-15(19)11-5-3-4-6-14(11)21-18-13-8-7-10(17)9-12(13)16/h5,7-9,14,18H,2-4,6H2,1H3. The smallest absolute Gasteiger partial charge is 0.334 e. The summed E-state index contributed by atoms with van der Waals surface area (Å²) in [5, 5.41) is 0.332. The van der Waals surface area contributed by atoms with Crippen molar-refractivity contribution in [2.24, 2.45) is 0 Å². The van der Waals surface area contributed by atoms with Crippen molar-refractivity contribution in [2.75, 3.05) is 11.3 Å². The number of hydrogen-bond acceptors (Lipinski definition) is 4. The third-order valence-corrected chi connectivity index (χ3v) is 4.56. The summed E-state index contributed by atoms with van der Waals surface area (Å²) in [6.07, 6.45) is 4.75. The highest BCUT2D eigenvalue weighted by atomic mass is 35.5. The molecule has 6 heteroatoms. The third kappa shape index (κ3) is 4.38. The van der Waals surface area contributed by atoms with Crippen molar-refractivity contribution in [3.05, 3.63) is 40.7 Å². The second-order valence-corrected chi connectivity index (χ2v) is 6.06. The van der Waals surface area contributed by atoms with Crippen LogP contribution >= 0.6 is 23.5 Å². The summed E-state index contributed by atoms with van der Waals surface area (Å²) in [6, 6.07) is 4.19. The zero-order valence-corrected chi connectivity index (χ0v) is 13.3. The van der Waals surface area contributed by atoms with E-state index < -0.39 is 0 Å². The highest BCUT2D eigenvalue weighted by Crippen LogP contribution is 2.33. The molecule has 1 aliphatic carbocycles. The van der Waals surface area contributed by atoms with Crippen molar-refractivity contribution in [1.29, 1.82) is 0 Å². The molecular weight excluding hydrogens is 313 g/mol. The minimum Gasteiger partial charge on any atom is -0.463 e. The van der Waals surface area contributed by atoms with Crippen LogP contribution in [0.5, 0.6) is 0 Å². The number of benzene rings is 1. The number of nitrogens with one attached hydrogen (secondary N) is 1. The number of carbonyl (C=O) groups excluding carboxylic acids is 1. The van der Waals surface area contributed by atoms with Gasteiger partial charge in [0.1, 0.15) is 5.82 Å². The summed E-state index contributed by atoms with van der Waals surface area (Å²) in [6.45, 7) is 2.16. The maximum atomic E-state index is 13.0. The van der Waals surface area contributed by atoms with Gasteiger partial charge < -0.3 is 9.46 Å². The molecule has 1 unspecified atom stereocenters. The van der Waals surface area contributed by atoms with E-state index in [1.807, 2.05) is 6.08 Å². The van der Waals surface area contributed by atoms with Gasteiger partial charge in [-0.15, -0.1) is 0 Å². The van der Waals surface area contributed by atoms with Gasteiger partial charge >= 0.3 is 5.97 Å². The first-order chi connectivity index (χ1) is 10.1. The van der Waals surface area contributed by atoms with E-state index in [0.29, 0.717) is 22.9 Å². The fourth-order valence-corrected chi connectivity index (χ4v) is 3.43. The van der Waals surface area contributed by atoms with Crippen molar-refractivity contribution in [1.82, 2.24) is 0 Å². The number of ether oxygens (including phenoxy) is 1. The summed E-state index contributed by atoms with van der Waals surface area (Å²) in [5.41, 5.74) is 1.33. The zero-order valence-electron chi connectivity index (χ0n) is 11.7. The Hall–Kier alpha value is -1.20. The lowest BCUT2D eigenvalue weighted by molar-refractivity contribution is -0.138. The Morgan fingerprint density at radius 2 is 2.38 bits per heavy atom. The number of carbonyl (C=O) groups is 1. The molecule has 2 rings (SSSR count). The molecule has 1 aliphatic rings. The minimum absolute atomic E-state index is 0.0129. The molecule has 0 heterocycles. The first-order valence-corrected chi connectivity index (χ1v) is 8.11. The number of rotatable bonds is 5.